The van der Waals surface area contributed by atoms with E-state index in [1.807, 2.05) is 56.0 Å². The SMILES string of the molecule is CC(C)(C)C(=O)ON1CCC(N2C(=O)N(Cc3ccncc3)C[C@H]2c2ccccc2)CC1. The molecule has 3 heterocycles. The third-order valence-electron chi connectivity index (χ3n) is 6.17. The van der Waals surface area contributed by atoms with E-state index in [9.17, 15) is 9.59 Å². The van der Waals surface area contributed by atoms with Crippen LogP contribution >= 0.6 is 0 Å². The molecule has 0 N–H and O–H groups in total. The molecule has 2 amide bonds. The first-order valence-electron chi connectivity index (χ1n) is 11.3. The summed E-state index contributed by atoms with van der Waals surface area (Å²) >= 11 is 0. The maximum absolute atomic E-state index is 13.5. The van der Waals surface area contributed by atoms with E-state index in [0.29, 0.717) is 26.2 Å². The standard InChI is InChI=1S/C25H32N4O3/c1-25(2,3)23(30)32-28-15-11-21(12-16-28)29-22(20-7-5-4-6-8-20)18-27(24(29)31)17-19-9-13-26-14-10-19/h4-10,13-14,21-22H,11-12,15-18H2,1-3H3/t22-/m0/s1. The fraction of sp³-hybridized carbons (Fsp3) is 0.480. The number of rotatable bonds is 5. The molecule has 170 valence electrons. The molecule has 0 saturated carbocycles. The van der Waals surface area contributed by atoms with Gasteiger partial charge >= 0.3 is 12.0 Å². The van der Waals surface area contributed by atoms with Crippen LogP contribution in [0.1, 0.15) is 50.8 Å². The fourth-order valence-electron chi connectivity index (χ4n) is 4.33. The van der Waals surface area contributed by atoms with Crippen LogP contribution in [0.15, 0.2) is 54.9 Å². The Balaban J connectivity index is 1.48. The Labute approximate surface area is 189 Å². The van der Waals surface area contributed by atoms with Gasteiger partial charge in [0.1, 0.15) is 0 Å². The molecule has 1 aromatic carbocycles. The molecule has 1 aromatic heterocycles. The highest BCUT2D eigenvalue weighted by atomic mass is 16.7. The van der Waals surface area contributed by atoms with Crippen LogP contribution in [0.3, 0.4) is 0 Å². The average Bonchev–Trinajstić information content (AvgIpc) is 3.11. The number of piperidine rings is 1. The second-order valence-electron chi connectivity index (χ2n) is 9.64. The molecule has 0 unspecified atom stereocenters. The summed E-state index contributed by atoms with van der Waals surface area (Å²) in [5.74, 6) is -0.223. The zero-order chi connectivity index (χ0) is 22.7. The molecule has 32 heavy (non-hydrogen) atoms. The monoisotopic (exact) mass is 436 g/mol. The Morgan fingerprint density at radius 3 is 2.34 bits per heavy atom. The Hall–Kier alpha value is -2.93. The minimum absolute atomic E-state index is 0.0132. The molecule has 0 radical (unpaired) electrons. The van der Waals surface area contributed by atoms with E-state index in [4.69, 9.17) is 4.84 Å². The summed E-state index contributed by atoms with van der Waals surface area (Å²) in [6.07, 6.45) is 5.07. The van der Waals surface area contributed by atoms with Crippen molar-refractivity contribution in [2.24, 2.45) is 5.41 Å². The lowest BCUT2D eigenvalue weighted by Crippen LogP contribution is -2.48. The van der Waals surface area contributed by atoms with Gasteiger partial charge in [0.25, 0.3) is 0 Å². The van der Waals surface area contributed by atoms with Crippen molar-refractivity contribution in [1.82, 2.24) is 19.8 Å². The van der Waals surface area contributed by atoms with Crippen molar-refractivity contribution in [3.8, 4) is 0 Å². The molecular weight excluding hydrogens is 404 g/mol. The minimum Gasteiger partial charge on any atom is -0.367 e. The largest absolute Gasteiger partial charge is 0.367 e. The zero-order valence-electron chi connectivity index (χ0n) is 19.1. The molecule has 7 nitrogen and oxygen atoms in total. The molecule has 0 aliphatic carbocycles. The van der Waals surface area contributed by atoms with E-state index in [1.54, 1.807) is 17.5 Å². The summed E-state index contributed by atoms with van der Waals surface area (Å²) in [5, 5.41) is 1.75. The first-order chi connectivity index (χ1) is 15.3. The van der Waals surface area contributed by atoms with E-state index in [0.717, 1.165) is 24.0 Å². The van der Waals surface area contributed by atoms with Gasteiger partial charge in [-0.3, -0.25) is 4.98 Å². The molecule has 0 spiro atoms. The van der Waals surface area contributed by atoms with Crippen LogP contribution < -0.4 is 0 Å². The lowest BCUT2D eigenvalue weighted by molar-refractivity contribution is -0.206. The lowest BCUT2D eigenvalue weighted by atomic mass is 9.97. The highest BCUT2D eigenvalue weighted by Gasteiger charge is 2.43. The maximum atomic E-state index is 13.5. The number of aromatic nitrogens is 1. The predicted molar refractivity (Wildman–Crippen MR) is 121 cm³/mol. The van der Waals surface area contributed by atoms with E-state index in [-0.39, 0.29) is 24.1 Å². The van der Waals surface area contributed by atoms with Gasteiger partial charge < -0.3 is 14.6 Å². The van der Waals surface area contributed by atoms with Gasteiger partial charge in [-0.25, -0.2) is 9.59 Å². The first kappa shape index (κ1) is 22.3. The van der Waals surface area contributed by atoms with Crippen LogP contribution in [0.2, 0.25) is 0 Å². The summed E-state index contributed by atoms with van der Waals surface area (Å²) in [6.45, 7) is 8.05. The normalized spacial score (nSPS) is 20.6. The van der Waals surface area contributed by atoms with Gasteiger partial charge in [-0.1, -0.05) is 30.3 Å². The van der Waals surface area contributed by atoms with Crippen LogP contribution in [-0.4, -0.2) is 57.5 Å². The first-order valence-corrected chi connectivity index (χ1v) is 11.3. The number of hydrogen-bond donors (Lipinski definition) is 0. The smallest absolute Gasteiger partial charge is 0.330 e. The molecule has 2 aliphatic heterocycles. The van der Waals surface area contributed by atoms with Crippen LogP contribution in [0.5, 0.6) is 0 Å². The third-order valence-corrected chi connectivity index (χ3v) is 6.17. The number of carbonyl (C=O) groups excluding carboxylic acids is 2. The second kappa shape index (κ2) is 9.28. The number of benzene rings is 1. The Bertz CT molecular complexity index is 921. The van der Waals surface area contributed by atoms with Crippen LogP contribution in [0, 0.1) is 5.41 Å². The number of nitrogens with zero attached hydrogens (tertiary/aromatic N) is 4. The molecule has 1 atom stereocenters. The van der Waals surface area contributed by atoms with Crippen molar-refractivity contribution in [3.05, 3.63) is 66.0 Å². The third kappa shape index (κ3) is 4.93. The number of pyridine rings is 1. The summed E-state index contributed by atoms with van der Waals surface area (Å²) in [7, 11) is 0. The summed E-state index contributed by atoms with van der Waals surface area (Å²) in [5.41, 5.74) is 1.69. The molecule has 2 saturated heterocycles. The molecule has 7 heteroatoms. The topological polar surface area (TPSA) is 66.0 Å². The Morgan fingerprint density at radius 2 is 1.72 bits per heavy atom. The zero-order valence-corrected chi connectivity index (χ0v) is 19.1. The maximum Gasteiger partial charge on any atom is 0.330 e. The van der Waals surface area contributed by atoms with Crippen molar-refractivity contribution in [2.45, 2.75) is 52.2 Å². The van der Waals surface area contributed by atoms with Gasteiger partial charge in [-0.15, -0.1) is 5.06 Å². The number of hydrogen-bond acceptors (Lipinski definition) is 5. The quantitative estimate of drug-likeness (QED) is 0.708. The molecule has 2 aliphatic rings. The Kier molecular flexibility index (Phi) is 6.46. The van der Waals surface area contributed by atoms with Gasteiger partial charge in [0, 0.05) is 44.6 Å². The van der Waals surface area contributed by atoms with Gasteiger partial charge in [-0.2, -0.15) is 0 Å². The van der Waals surface area contributed by atoms with E-state index >= 15 is 0 Å². The average molecular weight is 437 g/mol. The molecule has 4 rings (SSSR count). The number of carbonyl (C=O) groups is 2. The fourth-order valence-corrected chi connectivity index (χ4v) is 4.33. The summed E-state index contributed by atoms with van der Waals surface area (Å²) in [4.78, 5) is 39.4. The van der Waals surface area contributed by atoms with Crippen LogP contribution in [-0.2, 0) is 16.2 Å². The minimum atomic E-state index is -0.534. The van der Waals surface area contributed by atoms with E-state index < -0.39 is 5.41 Å². The van der Waals surface area contributed by atoms with Crippen molar-refractivity contribution in [3.63, 3.8) is 0 Å². The molecular formula is C25H32N4O3. The predicted octanol–water partition coefficient (Wildman–Crippen LogP) is 4.03. The van der Waals surface area contributed by atoms with Gasteiger partial charge in [0.05, 0.1) is 11.5 Å². The van der Waals surface area contributed by atoms with E-state index in [1.165, 1.54) is 0 Å². The number of hydroxylamine groups is 2. The van der Waals surface area contributed by atoms with Crippen LogP contribution in [0.25, 0.3) is 0 Å². The summed E-state index contributed by atoms with van der Waals surface area (Å²) < 4.78 is 0. The van der Waals surface area contributed by atoms with Crippen molar-refractivity contribution < 1.29 is 14.4 Å². The number of amides is 2. The van der Waals surface area contributed by atoms with Crippen molar-refractivity contribution in [2.75, 3.05) is 19.6 Å². The number of urea groups is 1. The van der Waals surface area contributed by atoms with Crippen LogP contribution in [0.4, 0.5) is 4.79 Å². The van der Waals surface area contributed by atoms with Crippen molar-refractivity contribution >= 4 is 12.0 Å². The lowest BCUT2D eigenvalue weighted by Gasteiger charge is -2.38. The molecule has 2 fully saturated rings. The highest BCUT2D eigenvalue weighted by Crippen LogP contribution is 2.35. The van der Waals surface area contributed by atoms with E-state index in [2.05, 4.69) is 22.0 Å². The van der Waals surface area contributed by atoms with Crippen molar-refractivity contribution in [1.29, 1.82) is 0 Å². The Morgan fingerprint density at radius 1 is 1.06 bits per heavy atom. The highest BCUT2D eigenvalue weighted by molar-refractivity contribution is 5.78. The molecule has 2 aromatic rings. The van der Waals surface area contributed by atoms with Gasteiger partial charge in [0.15, 0.2) is 0 Å². The molecule has 0 bridgehead atoms. The second-order valence-corrected chi connectivity index (χ2v) is 9.64. The summed E-state index contributed by atoms with van der Waals surface area (Å²) in [6, 6.07) is 14.4. The van der Waals surface area contributed by atoms with Gasteiger partial charge in [-0.05, 0) is 56.9 Å². The van der Waals surface area contributed by atoms with Gasteiger partial charge in [0.2, 0.25) is 0 Å².